The number of rotatable bonds is 3. The van der Waals surface area contributed by atoms with Crippen LogP contribution in [0.4, 0.5) is 10.1 Å². The lowest BCUT2D eigenvalue weighted by molar-refractivity contribution is -0.384. The molecule has 2 bridgehead atoms. The Kier molecular flexibility index (Phi) is 3.34. The Bertz CT molecular complexity index is 763. The van der Waals surface area contributed by atoms with Gasteiger partial charge in [0.25, 0.3) is 5.69 Å². The van der Waals surface area contributed by atoms with Gasteiger partial charge in [-0.15, -0.1) is 0 Å². The topological polar surface area (TPSA) is 68.1 Å². The molecular formula is C17H16FN3O2. The van der Waals surface area contributed by atoms with E-state index in [1.807, 2.05) is 6.07 Å². The predicted octanol–water partition coefficient (Wildman–Crippen LogP) is 3.40. The fourth-order valence-corrected chi connectivity index (χ4v) is 3.82. The van der Waals surface area contributed by atoms with Crippen LogP contribution in [0.2, 0.25) is 0 Å². The first-order valence-electron chi connectivity index (χ1n) is 7.78. The van der Waals surface area contributed by atoms with Crippen LogP contribution in [0.15, 0.2) is 36.5 Å². The van der Waals surface area contributed by atoms with Crippen molar-refractivity contribution < 1.29 is 9.31 Å². The third-order valence-electron chi connectivity index (χ3n) is 4.98. The molecule has 3 heterocycles. The highest BCUT2D eigenvalue weighted by Crippen LogP contribution is 2.40. The van der Waals surface area contributed by atoms with Gasteiger partial charge in [0, 0.05) is 41.9 Å². The molecule has 2 fully saturated rings. The number of benzene rings is 1. The molecule has 118 valence electrons. The zero-order valence-electron chi connectivity index (χ0n) is 12.4. The van der Waals surface area contributed by atoms with Gasteiger partial charge in [-0.3, -0.25) is 10.1 Å². The summed E-state index contributed by atoms with van der Waals surface area (Å²) in [4.78, 5) is 14.2. The van der Waals surface area contributed by atoms with Gasteiger partial charge in [0.1, 0.15) is 0 Å². The molecule has 2 aliphatic heterocycles. The van der Waals surface area contributed by atoms with Crippen LogP contribution in [0.5, 0.6) is 0 Å². The number of hydrogen-bond acceptors (Lipinski definition) is 4. The molecule has 5 nitrogen and oxygen atoms in total. The first-order valence-corrected chi connectivity index (χ1v) is 7.78. The normalized spacial score (nSPS) is 25.7. The largest absolute Gasteiger partial charge is 0.311 e. The van der Waals surface area contributed by atoms with Crippen LogP contribution in [-0.4, -0.2) is 22.0 Å². The maximum absolute atomic E-state index is 14.1. The molecule has 0 unspecified atom stereocenters. The maximum atomic E-state index is 14.1. The van der Waals surface area contributed by atoms with Crippen LogP contribution >= 0.6 is 0 Å². The number of nitro benzene ring substituents is 1. The van der Waals surface area contributed by atoms with Gasteiger partial charge in [-0.1, -0.05) is 0 Å². The summed E-state index contributed by atoms with van der Waals surface area (Å²) in [6.45, 7) is 0. The quantitative estimate of drug-likeness (QED) is 0.536. The minimum atomic E-state index is -0.543. The smallest absolute Gasteiger partial charge is 0.269 e. The molecule has 6 heteroatoms. The Labute approximate surface area is 132 Å². The van der Waals surface area contributed by atoms with E-state index in [1.54, 1.807) is 18.3 Å². The summed E-state index contributed by atoms with van der Waals surface area (Å²) < 4.78 is 14.1. The highest BCUT2D eigenvalue weighted by atomic mass is 19.1. The minimum Gasteiger partial charge on any atom is -0.311 e. The Hall–Kier alpha value is -2.34. The van der Waals surface area contributed by atoms with E-state index in [9.17, 15) is 14.5 Å². The van der Waals surface area contributed by atoms with E-state index in [2.05, 4.69) is 10.3 Å². The third kappa shape index (κ3) is 2.49. The molecule has 2 saturated heterocycles. The Morgan fingerprint density at radius 1 is 1.26 bits per heavy atom. The van der Waals surface area contributed by atoms with Crippen LogP contribution in [-0.2, 0) is 0 Å². The van der Waals surface area contributed by atoms with Gasteiger partial charge >= 0.3 is 0 Å². The summed E-state index contributed by atoms with van der Waals surface area (Å²) in [5.41, 5.74) is 2.05. The van der Waals surface area contributed by atoms with Crippen molar-refractivity contribution in [3.05, 3.63) is 58.2 Å². The second-order valence-electron chi connectivity index (χ2n) is 6.30. The van der Waals surface area contributed by atoms with Crippen molar-refractivity contribution in [1.82, 2.24) is 10.3 Å². The van der Waals surface area contributed by atoms with E-state index in [1.165, 1.54) is 18.6 Å². The van der Waals surface area contributed by atoms with Crippen molar-refractivity contribution in [2.75, 3.05) is 0 Å². The lowest BCUT2D eigenvalue weighted by Crippen LogP contribution is -2.21. The molecule has 4 rings (SSSR count). The zero-order chi connectivity index (χ0) is 16.0. The molecule has 0 aliphatic carbocycles. The molecule has 0 amide bonds. The number of halogens is 1. The van der Waals surface area contributed by atoms with Gasteiger partial charge in [-0.2, -0.15) is 4.39 Å². The molecule has 3 atom stereocenters. The number of non-ortho nitro benzene ring substituents is 1. The lowest BCUT2D eigenvalue weighted by Gasteiger charge is -2.20. The molecule has 0 saturated carbocycles. The van der Waals surface area contributed by atoms with Crippen molar-refractivity contribution >= 4 is 5.69 Å². The molecule has 1 N–H and O–H groups in total. The number of aromatic nitrogens is 1. The average Bonchev–Trinajstić information content (AvgIpc) is 3.18. The number of nitro groups is 1. The maximum Gasteiger partial charge on any atom is 0.269 e. The molecule has 23 heavy (non-hydrogen) atoms. The second-order valence-corrected chi connectivity index (χ2v) is 6.30. The van der Waals surface area contributed by atoms with E-state index in [0.29, 0.717) is 29.1 Å². The first kappa shape index (κ1) is 14.3. The van der Waals surface area contributed by atoms with Crippen LogP contribution in [0, 0.1) is 16.1 Å². The van der Waals surface area contributed by atoms with E-state index in [0.717, 1.165) is 18.4 Å². The summed E-state index contributed by atoms with van der Waals surface area (Å²) in [6.07, 6.45) is 5.06. The van der Waals surface area contributed by atoms with Gasteiger partial charge in [0.2, 0.25) is 5.95 Å². The molecule has 0 radical (unpaired) electrons. The summed E-state index contributed by atoms with van der Waals surface area (Å²) in [7, 11) is 0. The van der Waals surface area contributed by atoms with Crippen molar-refractivity contribution in [2.45, 2.75) is 37.3 Å². The van der Waals surface area contributed by atoms with E-state index >= 15 is 0 Å². The first-order chi connectivity index (χ1) is 11.1. The van der Waals surface area contributed by atoms with E-state index in [4.69, 9.17) is 0 Å². The Morgan fingerprint density at radius 2 is 2.04 bits per heavy atom. The van der Waals surface area contributed by atoms with Crippen LogP contribution in [0.25, 0.3) is 11.1 Å². The molecule has 1 aromatic carbocycles. The van der Waals surface area contributed by atoms with Gasteiger partial charge < -0.3 is 5.32 Å². The van der Waals surface area contributed by atoms with E-state index < -0.39 is 10.9 Å². The highest BCUT2D eigenvalue weighted by Gasteiger charge is 2.40. The standard InChI is InChI=1S/C17H16FN3O2/c18-17-15(10-1-4-13(5-2-10)21(22)23)7-11(9-19-17)14-8-12-3-6-16(14)20-12/h1-2,4-5,7,9,12,14,16,20H,3,6,8H2/t12-,14+,16-/m1/s1. The predicted molar refractivity (Wildman–Crippen MR) is 83.6 cm³/mol. The van der Waals surface area contributed by atoms with Gasteiger partial charge in [-0.05, 0) is 48.6 Å². The third-order valence-corrected chi connectivity index (χ3v) is 4.98. The highest BCUT2D eigenvalue weighted by molar-refractivity contribution is 5.65. The summed E-state index contributed by atoms with van der Waals surface area (Å²) >= 11 is 0. The Balaban J connectivity index is 1.68. The summed E-state index contributed by atoms with van der Waals surface area (Å²) in [6, 6.07) is 8.79. The van der Waals surface area contributed by atoms with Crippen LogP contribution in [0.3, 0.4) is 0 Å². The molecule has 1 aromatic heterocycles. The van der Waals surface area contributed by atoms with E-state index in [-0.39, 0.29) is 5.69 Å². The average molecular weight is 313 g/mol. The molecule has 0 spiro atoms. The van der Waals surface area contributed by atoms with Crippen molar-refractivity contribution in [1.29, 1.82) is 0 Å². The number of hydrogen-bond donors (Lipinski definition) is 1. The van der Waals surface area contributed by atoms with Gasteiger partial charge in [-0.25, -0.2) is 4.98 Å². The summed E-state index contributed by atoms with van der Waals surface area (Å²) in [5, 5.41) is 14.3. The minimum absolute atomic E-state index is 0.00410. The monoisotopic (exact) mass is 313 g/mol. The Morgan fingerprint density at radius 3 is 2.65 bits per heavy atom. The van der Waals surface area contributed by atoms with Crippen molar-refractivity contribution in [3.63, 3.8) is 0 Å². The van der Waals surface area contributed by atoms with Gasteiger partial charge in [0.15, 0.2) is 0 Å². The van der Waals surface area contributed by atoms with Crippen molar-refractivity contribution in [3.8, 4) is 11.1 Å². The number of fused-ring (bicyclic) bond motifs is 2. The molecule has 2 aliphatic rings. The van der Waals surface area contributed by atoms with Crippen LogP contribution in [0.1, 0.15) is 30.7 Å². The second kappa shape index (κ2) is 5.38. The fourth-order valence-electron chi connectivity index (χ4n) is 3.82. The van der Waals surface area contributed by atoms with Gasteiger partial charge in [0.05, 0.1) is 4.92 Å². The zero-order valence-corrected chi connectivity index (χ0v) is 12.4. The number of nitrogens with one attached hydrogen (secondary N) is 1. The number of nitrogens with zero attached hydrogens (tertiary/aromatic N) is 2. The SMILES string of the molecule is O=[N+]([O-])c1ccc(-c2cc([C@@H]3C[C@H]4CC[C@H]3N4)cnc2F)cc1. The summed E-state index contributed by atoms with van der Waals surface area (Å²) in [5.74, 6) is -0.169. The van der Waals surface area contributed by atoms with Crippen molar-refractivity contribution in [2.24, 2.45) is 0 Å². The molecular weight excluding hydrogens is 297 g/mol. The molecule has 2 aromatic rings. The lowest BCUT2D eigenvalue weighted by atomic mass is 9.84. The van der Waals surface area contributed by atoms with Crippen LogP contribution < -0.4 is 5.32 Å². The fraction of sp³-hybridized carbons (Fsp3) is 0.353. The number of pyridine rings is 1.